The highest BCUT2D eigenvalue weighted by molar-refractivity contribution is 5.94. The van der Waals surface area contributed by atoms with E-state index in [2.05, 4.69) is 6.58 Å². The van der Waals surface area contributed by atoms with E-state index in [4.69, 9.17) is 18.9 Å². The average Bonchev–Trinajstić information content (AvgIpc) is 2.53. The van der Waals surface area contributed by atoms with E-state index in [0.29, 0.717) is 51.8 Å². The van der Waals surface area contributed by atoms with Gasteiger partial charge in [-0.1, -0.05) is 13.5 Å². The minimum Gasteiger partial charge on any atom is -0.491 e. The molecule has 5 nitrogen and oxygen atoms in total. The van der Waals surface area contributed by atoms with E-state index in [0.717, 1.165) is 5.75 Å². The largest absolute Gasteiger partial charge is 0.491 e. The summed E-state index contributed by atoms with van der Waals surface area (Å²) in [5, 5.41) is 0. The molecule has 0 unspecified atom stereocenters. The summed E-state index contributed by atoms with van der Waals surface area (Å²) in [6.07, 6.45) is 1.71. The third kappa shape index (κ3) is 10.6. The molecule has 0 aliphatic heterocycles. The molecule has 0 radical (unpaired) electrons. The topological polar surface area (TPSA) is 54.0 Å². The predicted octanol–water partition coefficient (Wildman–Crippen LogP) is 3.14. The second-order valence-corrected chi connectivity index (χ2v) is 4.52. The Morgan fingerprint density at radius 2 is 1.48 bits per heavy atom. The molecular weight excluding hydrogens is 296 g/mol. The Kier molecular flexibility index (Phi) is 12.9. The zero-order chi connectivity index (χ0) is 16.0. The third-order valence-corrected chi connectivity index (χ3v) is 2.74. The molecule has 130 valence electrons. The highest BCUT2D eigenvalue weighted by atomic mass is 16.6. The lowest BCUT2D eigenvalue weighted by molar-refractivity contribution is 0.0135. The SMILES string of the molecule is C.C=CCOCCOCCOCCOc1ccc(C(C)=O)cc1. The van der Waals surface area contributed by atoms with Gasteiger partial charge >= 0.3 is 0 Å². The number of carbonyl (C=O) groups is 1. The van der Waals surface area contributed by atoms with Crippen molar-refractivity contribution in [2.45, 2.75) is 14.4 Å². The Morgan fingerprint density at radius 1 is 0.957 bits per heavy atom. The van der Waals surface area contributed by atoms with Crippen molar-refractivity contribution in [3.63, 3.8) is 0 Å². The quantitative estimate of drug-likeness (QED) is 0.317. The first kappa shape index (κ1) is 21.3. The Hall–Kier alpha value is -1.69. The molecule has 0 spiro atoms. The number of hydrogen-bond acceptors (Lipinski definition) is 5. The van der Waals surface area contributed by atoms with Gasteiger partial charge in [0.2, 0.25) is 0 Å². The summed E-state index contributed by atoms with van der Waals surface area (Å²) in [5.41, 5.74) is 0.679. The van der Waals surface area contributed by atoms with Crippen molar-refractivity contribution in [2.75, 3.05) is 46.2 Å². The number of hydrogen-bond donors (Lipinski definition) is 0. The van der Waals surface area contributed by atoms with Gasteiger partial charge in [0, 0.05) is 5.56 Å². The molecule has 0 N–H and O–H groups in total. The molecule has 5 heteroatoms. The third-order valence-electron chi connectivity index (χ3n) is 2.74. The number of carbonyl (C=O) groups excluding carboxylic acids is 1. The van der Waals surface area contributed by atoms with Crippen LogP contribution in [-0.2, 0) is 14.2 Å². The first-order valence-electron chi connectivity index (χ1n) is 7.32. The van der Waals surface area contributed by atoms with Gasteiger partial charge in [-0.05, 0) is 31.2 Å². The van der Waals surface area contributed by atoms with Crippen LogP contribution in [0.4, 0.5) is 0 Å². The molecule has 0 saturated carbocycles. The smallest absolute Gasteiger partial charge is 0.159 e. The standard InChI is InChI=1S/C17H24O5.CH4/c1-3-8-19-9-10-20-11-12-21-13-14-22-17-6-4-16(5-7-17)15(2)18;/h3-7H,1,8-14H2,2H3;1H4. The van der Waals surface area contributed by atoms with Crippen molar-refractivity contribution in [1.82, 2.24) is 0 Å². The summed E-state index contributed by atoms with van der Waals surface area (Å²) in [4.78, 5) is 11.1. The molecule has 0 aliphatic rings. The highest BCUT2D eigenvalue weighted by Gasteiger charge is 1.99. The van der Waals surface area contributed by atoms with Crippen molar-refractivity contribution in [2.24, 2.45) is 0 Å². The number of benzene rings is 1. The van der Waals surface area contributed by atoms with E-state index < -0.39 is 0 Å². The summed E-state index contributed by atoms with van der Waals surface area (Å²) in [5.74, 6) is 0.772. The van der Waals surface area contributed by atoms with E-state index >= 15 is 0 Å². The molecule has 0 aromatic heterocycles. The van der Waals surface area contributed by atoms with Gasteiger partial charge in [0.1, 0.15) is 12.4 Å². The fourth-order valence-corrected chi connectivity index (χ4v) is 1.61. The molecule has 1 aromatic rings. The minimum atomic E-state index is 0. The molecule has 0 atom stereocenters. The summed E-state index contributed by atoms with van der Waals surface area (Å²) in [6.45, 7) is 8.76. The van der Waals surface area contributed by atoms with Crippen LogP contribution in [0.5, 0.6) is 5.75 Å². The lowest BCUT2D eigenvalue weighted by atomic mass is 10.1. The molecule has 0 fully saturated rings. The number of ketones is 1. The van der Waals surface area contributed by atoms with E-state index in [1.54, 1.807) is 30.3 Å². The lowest BCUT2D eigenvalue weighted by Crippen LogP contribution is -2.12. The highest BCUT2D eigenvalue weighted by Crippen LogP contribution is 2.12. The van der Waals surface area contributed by atoms with Gasteiger partial charge in [-0.25, -0.2) is 0 Å². The summed E-state index contributed by atoms with van der Waals surface area (Å²) < 4.78 is 21.4. The molecule has 0 bridgehead atoms. The summed E-state index contributed by atoms with van der Waals surface area (Å²) in [6, 6.07) is 7.06. The van der Waals surface area contributed by atoms with Gasteiger partial charge in [-0.15, -0.1) is 6.58 Å². The molecule has 1 aromatic carbocycles. The van der Waals surface area contributed by atoms with Gasteiger partial charge in [0.25, 0.3) is 0 Å². The Balaban J connectivity index is 0.00000484. The van der Waals surface area contributed by atoms with Crippen molar-refractivity contribution in [3.8, 4) is 5.75 Å². The fourth-order valence-electron chi connectivity index (χ4n) is 1.61. The summed E-state index contributed by atoms with van der Waals surface area (Å²) in [7, 11) is 0. The zero-order valence-corrected chi connectivity index (χ0v) is 13.1. The van der Waals surface area contributed by atoms with Gasteiger partial charge in [0.15, 0.2) is 5.78 Å². The number of ether oxygens (including phenoxy) is 4. The number of rotatable bonds is 13. The Bertz CT molecular complexity index is 428. The second-order valence-electron chi connectivity index (χ2n) is 4.52. The molecule has 1 rings (SSSR count). The first-order chi connectivity index (χ1) is 10.7. The first-order valence-corrected chi connectivity index (χ1v) is 7.32. The van der Waals surface area contributed by atoms with Gasteiger partial charge in [-0.3, -0.25) is 4.79 Å². The van der Waals surface area contributed by atoms with Crippen LogP contribution in [0.2, 0.25) is 0 Å². The fraction of sp³-hybridized carbons (Fsp3) is 0.500. The van der Waals surface area contributed by atoms with Crippen molar-refractivity contribution >= 4 is 5.78 Å². The summed E-state index contributed by atoms with van der Waals surface area (Å²) >= 11 is 0. The van der Waals surface area contributed by atoms with Crippen LogP contribution >= 0.6 is 0 Å². The van der Waals surface area contributed by atoms with E-state index in [9.17, 15) is 4.79 Å². The average molecular weight is 324 g/mol. The molecular formula is C18H28O5. The predicted molar refractivity (Wildman–Crippen MR) is 91.3 cm³/mol. The molecule has 0 amide bonds. The Morgan fingerprint density at radius 3 is 2.00 bits per heavy atom. The van der Waals surface area contributed by atoms with Crippen LogP contribution in [0.3, 0.4) is 0 Å². The van der Waals surface area contributed by atoms with Gasteiger partial charge in [-0.2, -0.15) is 0 Å². The molecule has 23 heavy (non-hydrogen) atoms. The maximum absolute atomic E-state index is 11.1. The van der Waals surface area contributed by atoms with Gasteiger partial charge in [0.05, 0.1) is 39.6 Å². The molecule has 0 saturated heterocycles. The van der Waals surface area contributed by atoms with Crippen LogP contribution in [0.15, 0.2) is 36.9 Å². The van der Waals surface area contributed by atoms with Crippen molar-refractivity contribution in [3.05, 3.63) is 42.5 Å². The van der Waals surface area contributed by atoms with Crippen molar-refractivity contribution < 1.29 is 23.7 Å². The molecule has 0 heterocycles. The van der Waals surface area contributed by atoms with E-state index in [1.807, 2.05) is 0 Å². The second kappa shape index (κ2) is 13.9. The number of Topliss-reactive ketones (excluding diaryl/α,β-unsaturated/α-hetero) is 1. The molecule has 0 aliphatic carbocycles. The van der Waals surface area contributed by atoms with Crippen LogP contribution in [0.25, 0.3) is 0 Å². The van der Waals surface area contributed by atoms with Crippen molar-refractivity contribution in [1.29, 1.82) is 0 Å². The van der Waals surface area contributed by atoms with Crippen LogP contribution in [0.1, 0.15) is 24.7 Å². The maximum Gasteiger partial charge on any atom is 0.159 e. The normalized spacial score (nSPS) is 9.96. The van der Waals surface area contributed by atoms with Crippen LogP contribution in [0, 0.1) is 0 Å². The minimum absolute atomic E-state index is 0. The monoisotopic (exact) mass is 324 g/mol. The maximum atomic E-state index is 11.1. The van der Waals surface area contributed by atoms with Crippen LogP contribution < -0.4 is 4.74 Å². The van der Waals surface area contributed by atoms with E-state index in [-0.39, 0.29) is 13.2 Å². The lowest BCUT2D eigenvalue weighted by Gasteiger charge is -2.08. The Labute approximate surface area is 139 Å². The zero-order valence-electron chi connectivity index (χ0n) is 13.1. The van der Waals surface area contributed by atoms with Crippen LogP contribution in [-0.4, -0.2) is 52.0 Å². The van der Waals surface area contributed by atoms with Gasteiger partial charge < -0.3 is 18.9 Å². The van der Waals surface area contributed by atoms with E-state index in [1.165, 1.54) is 6.92 Å².